The molecule has 31 heavy (non-hydrogen) atoms. The van der Waals surface area contributed by atoms with Crippen LogP contribution in [0, 0.1) is 0 Å². The number of ether oxygens (including phenoxy) is 1. The van der Waals surface area contributed by atoms with Crippen molar-refractivity contribution < 1.29 is 9.53 Å². The van der Waals surface area contributed by atoms with Gasteiger partial charge in [-0.1, -0.05) is 6.07 Å². The molecule has 2 aromatic rings. The van der Waals surface area contributed by atoms with Crippen LogP contribution >= 0.6 is 0 Å². The number of nitrogens with one attached hydrogen (secondary N) is 2. The molecule has 1 aliphatic rings. The minimum Gasteiger partial charge on any atom is -0.444 e. The van der Waals surface area contributed by atoms with Crippen molar-refractivity contribution in [3.63, 3.8) is 0 Å². The Morgan fingerprint density at radius 2 is 1.94 bits per heavy atom. The highest BCUT2D eigenvalue weighted by atomic mass is 16.6. The molecule has 0 spiro atoms. The molecule has 1 saturated heterocycles. The summed E-state index contributed by atoms with van der Waals surface area (Å²) in [5, 5.41) is 15.0. The third kappa shape index (κ3) is 6.81. The maximum absolute atomic E-state index is 12.2. The lowest BCUT2D eigenvalue weighted by Crippen LogP contribution is -2.51. The van der Waals surface area contributed by atoms with E-state index in [1.165, 1.54) is 0 Å². The number of carbonyl (C=O) groups is 1. The van der Waals surface area contributed by atoms with Gasteiger partial charge >= 0.3 is 6.09 Å². The Morgan fingerprint density at radius 3 is 2.65 bits per heavy atom. The summed E-state index contributed by atoms with van der Waals surface area (Å²) in [5.41, 5.74) is 0.356. The third-order valence-corrected chi connectivity index (χ3v) is 4.85. The van der Waals surface area contributed by atoms with Crippen LogP contribution in [0.2, 0.25) is 0 Å². The Bertz CT molecular complexity index is 881. The van der Waals surface area contributed by atoms with Gasteiger partial charge < -0.3 is 20.3 Å². The second kappa shape index (κ2) is 10.4. The van der Waals surface area contributed by atoms with Gasteiger partial charge in [-0.05, 0) is 39.8 Å². The summed E-state index contributed by atoms with van der Waals surface area (Å²) < 4.78 is 7.40. The molecule has 10 nitrogen and oxygen atoms in total. The molecule has 0 atom stereocenters. The average Bonchev–Trinajstić information content (AvgIpc) is 3.14. The maximum Gasteiger partial charge on any atom is 0.410 e. The Morgan fingerprint density at radius 1 is 1.16 bits per heavy atom. The van der Waals surface area contributed by atoms with E-state index in [1.54, 1.807) is 4.90 Å². The summed E-state index contributed by atoms with van der Waals surface area (Å²) in [6.07, 6.45) is 1.71. The molecular weight excluding hydrogens is 396 g/mol. The molecule has 3 rings (SSSR count). The number of hydrogen-bond donors (Lipinski definition) is 2. The topological polar surface area (TPSA) is 99.4 Å². The molecule has 0 saturated carbocycles. The third-order valence-electron chi connectivity index (χ3n) is 4.85. The van der Waals surface area contributed by atoms with Crippen LogP contribution in [0.15, 0.2) is 29.4 Å². The van der Waals surface area contributed by atoms with E-state index in [1.807, 2.05) is 56.5 Å². The van der Waals surface area contributed by atoms with Crippen molar-refractivity contribution in [3.8, 4) is 0 Å². The van der Waals surface area contributed by atoms with Crippen LogP contribution < -0.4 is 10.6 Å². The van der Waals surface area contributed by atoms with E-state index in [4.69, 9.17) is 4.74 Å². The SMILES string of the molecule is CCNC(=NCc1nnc2ccccn12)NCCN1CCN(C(=O)OC(C)(C)C)CC1. The van der Waals surface area contributed by atoms with Crippen LogP contribution in [-0.4, -0.2) is 87.9 Å². The fraction of sp³-hybridized carbons (Fsp3) is 0.619. The normalized spacial score (nSPS) is 15.9. The second-order valence-corrected chi connectivity index (χ2v) is 8.48. The van der Waals surface area contributed by atoms with E-state index in [9.17, 15) is 4.79 Å². The number of nitrogens with zero attached hydrogens (tertiary/aromatic N) is 6. The van der Waals surface area contributed by atoms with Gasteiger partial charge in [-0.25, -0.2) is 9.79 Å². The lowest BCUT2D eigenvalue weighted by atomic mass is 10.2. The lowest BCUT2D eigenvalue weighted by Gasteiger charge is -2.35. The molecule has 1 amide bonds. The zero-order valence-electron chi connectivity index (χ0n) is 19.0. The zero-order valence-corrected chi connectivity index (χ0v) is 19.0. The molecule has 0 bridgehead atoms. The van der Waals surface area contributed by atoms with Crippen LogP contribution in [0.3, 0.4) is 0 Å². The van der Waals surface area contributed by atoms with E-state index >= 15 is 0 Å². The van der Waals surface area contributed by atoms with Crippen molar-refractivity contribution in [3.05, 3.63) is 30.2 Å². The Labute approximate surface area is 183 Å². The van der Waals surface area contributed by atoms with Crippen molar-refractivity contribution >= 4 is 17.7 Å². The van der Waals surface area contributed by atoms with Crippen LogP contribution in [0.1, 0.15) is 33.5 Å². The van der Waals surface area contributed by atoms with Crippen LogP contribution in [0.4, 0.5) is 4.79 Å². The van der Waals surface area contributed by atoms with Gasteiger partial charge in [-0.15, -0.1) is 10.2 Å². The highest BCUT2D eigenvalue weighted by molar-refractivity contribution is 5.79. The highest BCUT2D eigenvalue weighted by Crippen LogP contribution is 2.11. The highest BCUT2D eigenvalue weighted by Gasteiger charge is 2.25. The molecule has 1 aliphatic heterocycles. The number of aromatic nitrogens is 3. The Kier molecular flexibility index (Phi) is 7.67. The Balaban J connectivity index is 1.44. The number of piperazine rings is 1. The first kappa shape index (κ1) is 22.8. The molecule has 170 valence electrons. The summed E-state index contributed by atoms with van der Waals surface area (Å²) in [7, 11) is 0. The van der Waals surface area contributed by atoms with Gasteiger partial charge in [0.15, 0.2) is 17.4 Å². The molecule has 2 aromatic heterocycles. The number of aliphatic imine (C=N–C) groups is 1. The summed E-state index contributed by atoms with van der Waals surface area (Å²) in [6, 6.07) is 5.82. The Hall–Kier alpha value is -2.88. The van der Waals surface area contributed by atoms with Crippen molar-refractivity contribution in [2.24, 2.45) is 4.99 Å². The van der Waals surface area contributed by atoms with Crippen molar-refractivity contribution in [2.75, 3.05) is 45.8 Å². The molecular formula is C21H34N8O2. The first-order valence-electron chi connectivity index (χ1n) is 10.9. The first-order valence-corrected chi connectivity index (χ1v) is 10.9. The van der Waals surface area contributed by atoms with Crippen LogP contribution in [0.5, 0.6) is 0 Å². The second-order valence-electron chi connectivity index (χ2n) is 8.48. The van der Waals surface area contributed by atoms with Gasteiger partial charge in [0, 0.05) is 52.0 Å². The van der Waals surface area contributed by atoms with Gasteiger partial charge in [-0.3, -0.25) is 9.30 Å². The number of amides is 1. The van der Waals surface area contributed by atoms with Crippen molar-refractivity contribution in [2.45, 2.75) is 39.8 Å². The molecule has 0 unspecified atom stereocenters. The lowest BCUT2D eigenvalue weighted by molar-refractivity contribution is 0.0147. The number of hydrogen-bond acceptors (Lipinski definition) is 6. The molecule has 3 heterocycles. The zero-order chi connectivity index (χ0) is 22.3. The van der Waals surface area contributed by atoms with Gasteiger partial charge in [0.25, 0.3) is 0 Å². The van der Waals surface area contributed by atoms with E-state index in [-0.39, 0.29) is 6.09 Å². The minimum absolute atomic E-state index is 0.229. The summed E-state index contributed by atoms with van der Waals surface area (Å²) in [6.45, 7) is 13.6. The molecule has 0 aliphatic carbocycles. The molecule has 10 heteroatoms. The van der Waals surface area contributed by atoms with Crippen LogP contribution in [0.25, 0.3) is 5.65 Å². The van der Waals surface area contributed by atoms with Gasteiger partial charge in [0.05, 0.1) is 0 Å². The number of fused-ring (bicyclic) bond motifs is 1. The van der Waals surface area contributed by atoms with E-state index in [2.05, 4.69) is 30.7 Å². The monoisotopic (exact) mass is 430 g/mol. The number of rotatable bonds is 6. The fourth-order valence-corrected chi connectivity index (χ4v) is 3.30. The van der Waals surface area contributed by atoms with Gasteiger partial charge in [0.1, 0.15) is 12.1 Å². The number of pyridine rings is 1. The molecule has 2 N–H and O–H groups in total. The van der Waals surface area contributed by atoms with Crippen molar-refractivity contribution in [1.29, 1.82) is 0 Å². The standard InChI is InChI=1S/C21H34N8O2/c1-5-22-19(24-16-18-26-25-17-8-6-7-10-29(17)18)23-9-11-27-12-14-28(15-13-27)20(30)31-21(2,3)4/h6-8,10H,5,9,11-16H2,1-4H3,(H2,22,23,24). The minimum atomic E-state index is -0.459. The van der Waals surface area contributed by atoms with E-state index in [0.29, 0.717) is 19.6 Å². The number of carbonyl (C=O) groups excluding carboxylic acids is 1. The summed E-state index contributed by atoms with van der Waals surface area (Å²) in [5.74, 6) is 1.55. The van der Waals surface area contributed by atoms with Gasteiger partial charge in [0.2, 0.25) is 0 Å². The maximum atomic E-state index is 12.2. The van der Waals surface area contributed by atoms with Crippen molar-refractivity contribution in [1.82, 2.24) is 35.0 Å². The quantitative estimate of drug-likeness (QED) is 0.527. The summed E-state index contributed by atoms with van der Waals surface area (Å²) in [4.78, 5) is 20.9. The van der Waals surface area contributed by atoms with E-state index in [0.717, 1.165) is 50.2 Å². The average molecular weight is 431 g/mol. The van der Waals surface area contributed by atoms with Gasteiger partial charge in [-0.2, -0.15) is 0 Å². The predicted molar refractivity (Wildman–Crippen MR) is 120 cm³/mol. The first-order chi connectivity index (χ1) is 14.9. The fourth-order valence-electron chi connectivity index (χ4n) is 3.30. The predicted octanol–water partition coefficient (Wildman–Crippen LogP) is 1.34. The van der Waals surface area contributed by atoms with Crippen LogP contribution in [-0.2, 0) is 11.3 Å². The molecule has 0 aromatic carbocycles. The number of guanidine groups is 1. The largest absolute Gasteiger partial charge is 0.444 e. The summed E-state index contributed by atoms with van der Waals surface area (Å²) >= 11 is 0. The molecule has 0 radical (unpaired) electrons. The van der Waals surface area contributed by atoms with E-state index < -0.39 is 5.60 Å². The molecule has 1 fully saturated rings. The smallest absolute Gasteiger partial charge is 0.410 e.